The number of hydrogen-bond donors (Lipinski definition) is 1. The molecule has 20 heavy (non-hydrogen) atoms. The summed E-state index contributed by atoms with van der Waals surface area (Å²) in [6.45, 7) is 0. The van der Waals surface area contributed by atoms with Crippen LogP contribution in [0.1, 0.15) is 10.5 Å². The molecule has 0 atom stereocenters. The molecule has 0 bridgehead atoms. The maximum Gasteiger partial charge on any atom is 0.290 e. The summed E-state index contributed by atoms with van der Waals surface area (Å²) in [5, 5.41) is 22.1. The smallest absolute Gasteiger partial charge is 0.290 e. The van der Waals surface area contributed by atoms with Crippen LogP contribution in [0.15, 0.2) is 40.3 Å². The molecule has 2 rings (SSSR count). The molecule has 0 aliphatic heterocycles. The maximum atomic E-state index is 11.0. The average Bonchev–Trinajstić information content (AvgIpc) is 2.86. The van der Waals surface area contributed by atoms with Gasteiger partial charge in [0.15, 0.2) is 6.29 Å². The molecule has 102 valence electrons. The minimum absolute atomic E-state index is 0.250. The van der Waals surface area contributed by atoms with Crippen LogP contribution < -0.4 is 0 Å². The number of aldehydes is 1. The molecule has 9 heteroatoms. The van der Waals surface area contributed by atoms with E-state index in [1.54, 1.807) is 6.07 Å². The maximum absolute atomic E-state index is 11.0. The van der Waals surface area contributed by atoms with E-state index in [0.29, 0.717) is 17.0 Å². The number of non-ortho nitro benzene ring substituents is 1. The fourth-order valence-corrected chi connectivity index (χ4v) is 2.40. The SMILES string of the molecule is O=Cc1ccc(Sc2ccc([N+](=O)[O-])cc2[N+](=O)[O-])[nH]1. The van der Waals surface area contributed by atoms with Crippen LogP contribution in [-0.2, 0) is 0 Å². The number of aromatic nitrogens is 1. The van der Waals surface area contributed by atoms with Crippen molar-refractivity contribution >= 4 is 29.4 Å². The zero-order valence-electron chi connectivity index (χ0n) is 9.81. The Morgan fingerprint density at radius 1 is 1.10 bits per heavy atom. The van der Waals surface area contributed by atoms with Gasteiger partial charge in [0.25, 0.3) is 11.4 Å². The molecule has 2 aromatic rings. The molecular weight excluding hydrogens is 286 g/mol. The van der Waals surface area contributed by atoms with Gasteiger partial charge in [0.05, 0.1) is 31.5 Å². The quantitative estimate of drug-likeness (QED) is 0.514. The minimum atomic E-state index is -0.694. The third kappa shape index (κ3) is 2.83. The summed E-state index contributed by atoms with van der Waals surface area (Å²) < 4.78 is 0. The lowest BCUT2D eigenvalue weighted by atomic mass is 10.3. The first-order valence-corrected chi connectivity index (χ1v) is 6.08. The van der Waals surface area contributed by atoms with Crippen molar-refractivity contribution < 1.29 is 14.6 Å². The Kier molecular flexibility index (Phi) is 3.80. The van der Waals surface area contributed by atoms with E-state index in [1.165, 1.54) is 18.2 Å². The highest BCUT2D eigenvalue weighted by Gasteiger charge is 2.20. The van der Waals surface area contributed by atoms with Crippen molar-refractivity contribution in [1.29, 1.82) is 0 Å². The fourth-order valence-electron chi connectivity index (χ4n) is 1.49. The number of rotatable bonds is 5. The number of hydrogen-bond acceptors (Lipinski definition) is 6. The Morgan fingerprint density at radius 2 is 1.85 bits per heavy atom. The molecule has 0 aliphatic rings. The largest absolute Gasteiger partial charge is 0.347 e. The Labute approximate surface area is 116 Å². The molecule has 0 amide bonds. The Balaban J connectivity index is 2.37. The van der Waals surface area contributed by atoms with Crippen LogP contribution in [-0.4, -0.2) is 21.1 Å². The van der Waals surface area contributed by atoms with Gasteiger partial charge in [-0.05, 0) is 18.2 Å². The molecule has 0 fully saturated rings. The highest BCUT2D eigenvalue weighted by Crippen LogP contribution is 2.36. The second-order valence-electron chi connectivity index (χ2n) is 3.66. The molecule has 8 nitrogen and oxygen atoms in total. The summed E-state index contributed by atoms with van der Waals surface area (Å²) in [6, 6.07) is 6.54. The van der Waals surface area contributed by atoms with Crippen LogP contribution in [0, 0.1) is 20.2 Å². The molecule has 1 N–H and O–H groups in total. The predicted octanol–water partition coefficient (Wildman–Crippen LogP) is 2.79. The lowest BCUT2D eigenvalue weighted by molar-refractivity contribution is -0.396. The van der Waals surface area contributed by atoms with Gasteiger partial charge < -0.3 is 4.98 Å². The van der Waals surface area contributed by atoms with Crippen LogP contribution in [0.25, 0.3) is 0 Å². The number of nitrogens with zero attached hydrogens (tertiary/aromatic N) is 2. The topological polar surface area (TPSA) is 119 Å². The van der Waals surface area contributed by atoms with Gasteiger partial charge in [-0.15, -0.1) is 0 Å². The van der Waals surface area contributed by atoms with Gasteiger partial charge in [-0.1, -0.05) is 11.8 Å². The number of H-pyrrole nitrogens is 1. The second-order valence-corrected chi connectivity index (χ2v) is 4.75. The number of nitro benzene ring substituents is 2. The summed E-state index contributed by atoms with van der Waals surface area (Å²) in [5.74, 6) is 0. The Hall–Kier alpha value is -2.68. The lowest BCUT2D eigenvalue weighted by Gasteiger charge is -2.01. The number of nitro groups is 2. The molecule has 1 aromatic carbocycles. The number of carbonyl (C=O) groups excluding carboxylic acids is 1. The van der Waals surface area contributed by atoms with Gasteiger partial charge in [-0.2, -0.15) is 0 Å². The van der Waals surface area contributed by atoms with Gasteiger partial charge in [0.2, 0.25) is 0 Å². The summed E-state index contributed by atoms with van der Waals surface area (Å²) >= 11 is 1.02. The predicted molar refractivity (Wildman–Crippen MR) is 70.1 cm³/mol. The molecule has 0 unspecified atom stereocenters. The normalized spacial score (nSPS) is 10.2. The van der Waals surface area contributed by atoms with E-state index in [4.69, 9.17) is 0 Å². The van der Waals surface area contributed by atoms with Crippen molar-refractivity contribution in [2.24, 2.45) is 0 Å². The van der Waals surface area contributed by atoms with E-state index in [0.717, 1.165) is 17.8 Å². The fraction of sp³-hybridized carbons (Fsp3) is 0. The summed E-state index contributed by atoms with van der Waals surface area (Å²) in [4.78, 5) is 33.7. The van der Waals surface area contributed by atoms with Crippen molar-refractivity contribution in [3.8, 4) is 0 Å². The Bertz CT molecular complexity index is 697. The van der Waals surface area contributed by atoms with Gasteiger partial charge in [0, 0.05) is 6.07 Å². The molecule has 1 aromatic heterocycles. The average molecular weight is 293 g/mol. The van der Waals surface area contributed by atoms with Crippen LogP contribution in [0.2, 0.25) is 0 Å². The third-order valence-electron chi connectivity index (χ3n) is 2.38. The van der Waals surface area contributed by atoms with Crippen molar-refractivity contribution in [3.05, 3.63) is 56.3 Å². The molecular formula is C11H7N3O5S. The highest BCUT2D eigenvalue weighted by atomic mass is 32.2. The zero-order chi connectivity index (χ0) is 14.7. The number of aromatic amines is 1. The van der Waals surface area contributed by atoms with E-state index >= 15 is 0 Å². The van der Waals surface area contributed by atoms with Crippen molar-refractivity contribution in [3.63, 3.8) is 0 Å². The molecule has 0 radical (unpaired) electrons. The first kappa shape index (κ1) is 13.7. The number of benzene rings is 1. The molecule has 0 saturated heterocycles. The molecule has 0 spiro atoms. The summed E-state index contributed by atoms with van der Waals surface area (Å²) in [6.07, 6.45) is 0.619. The van der Waals surface area contributed by atoms with E-state index in [1.807, 2.05) is 0 Å². The molecule has 0 aliphatic carbocycles. The highest BCUT2D eigenvalue weighted by molar-refractivity contribution is 7.99. The third-order valence-corrected chi connectivity index (χ3v) is 3.40. The second kappa shape index (κ2) is 5.53. The first-order chi connectivity index (χ1) is 9.51. The van der Waals surface area contributed by atoms with Gasteiger partial charge >= 0.3 is 0 Å². The van der Waals surface area contributed by atoms with E-state index in [9.17, 15) is 25.0 Å². The van der Waals surface area contributed by atoms with Gasteiger partial charge in [-0.3, -0.25) is 25.0 Å². The first-order valence-electron chi connectivity index (χ1n) is 5.26. The standard InChI is InChI=1S/C11H7N3O5S/c15-6-7-1-4-11(12-7)20-10-3-2-8(13(16)17)5-9(10)14(18)19/h1-6,12H. The molecule has 0 saturated carbocycles. The lowest BCUT2D eigenvalue weighted by Crippen LogP contribution is -1.94. The summed E-state index contributed by atoms with van der Waals surface area (Å²) in [7, 11) is 0. The van der Waals surface area contributed by atoms with Gasteiger partial charge in [0.1, 0.15) is 0 Å². The van der Waals surface area contributed by atoms with Crippen LogP contribution >= 0.6 is 11.8 Å². The van der Waals surface area contributed by atoms with Crippen LogP contribution in [0.4, 0.5) is 11.4 Å². The monoisotopic (exact) mass is 293 g/mol. The van der Waals surface area contributed by atoms with E-state index < -0.39 is 9.85 Å². The van der Waals surface area contributed by atoms with E-state index in [-0.39, 0.29) is 16.3 Å². The van der Waals surface area contributed by atoms with Gasteiger partial charge in [-0.25, -0.2) is 0 Å². The number of carbonyl (C=O) groups is 1. The Morgan fingerprint density at radius 3 is 2.40 bits per heavy atom. The van der Waals surface area contributed by atoms with Crippen LogP contribution in [0.3, 0.4) is 0 Å². The number of nitrogens with one attached hydrogen (secondary N) is 1. The zero-order valence-corrected chi connectivity index (χ0v) is 10.6. The van der Waals surface area contributed by atoms with Crippen molar-refractivity contribution in [2.45, 2.75) is 9.92 Å². The van der Waals surface area contributed by atoms with Crippen molar-refractivity contribution in [2.75, 3.05) is 0 Å². The van der Waals surface area contributed by atoms with Crippen molar-refractivity contribution in [1.82, 2.24) is 4.98 Å². The van der Waals surface area contributed by atoms with E-state index in [2.05, 4.69) is 4.98 Å². The van der Waals surface area contributed by atoms with Crippen LogP contribution in [0.5, 0.6) is 0 Å². The summed E-state index contributed by atoms with van der Waals surface area (Å²) in [5.41, 5.74) is -0.357. The minimum Gasteiger partial charge on any atom is -0.347 e. The molecule has 1 heterocycles.